The third-order valence-corrected chi connectivity index (χ3v) is 8.76. The van der Waals surface area contributed by atoms with Gasteiger partial charge in [-0.1, -0.05) is 13.8 Å². The van der Waals surface area contributed by atoms with Crippen LogP contribution in [0.3, 0.4) is 0 Å². The van der Waals surface area contributed by atoms with Gasteiger partial charge < -0.3 is 29.9 Å². The van der Waals surface area contributed by atoms with Crippen LogP contribution in [0, 0.1) is 59.2 Å². The summed E-state index contributed by atoms with van der Waals surface area (Å²) in [6.45, 7) is 6.00. The van der Waals surface area contributed by atoms with E-state index in [4.69, 9.17) is 9.47 Å². The minimum Gasteiger partial charge on any atom is -0.396 e. The first-order valence-electron chi connectivity index (χ1n) is 12.5. The van der Waals surface area contributed by atoms with Crippen molar-refractivity contribution in [2.45, 2.75) is 46.0 Å². The van der Waals surface area contributed by atoms with E-state index in [9.17, 15) is 20.4 Å². The summed E-state index contributed by atoms with van der Waals surface area (Å²) >= 11 is 0. The van der Waals surface area contributed by atoms with Crippen molar-refractivity contribution in [3.8, 4) is 0 Å². The quantitative estimate of drug-likeness (QED) is 0.413. The highest BCUT2D eigenvalue weighted by atomic mass is 16.5. The molecule has 4 N–H and O–H groups in total. The minimum absolute atomic E-state index is 0.167. The average molecular weight is 445 g/mol. The Hall–Kier alpha value is -0.240. The van der Waals surface area contributed by atoms with E-state index in [1.54, 1.807) is 14.2 Å². The molecule has 0 radical (unpaired) electrons. The van der Waals surface area contributed by atoms with Gasteiger partial charge in [0.05, 0.1) is 0 Å². The second kappa shape index (κ2) is 13.5. The fourth-order valence-electron chi connectivity index (χ4n) is 7.68. The van der Waals surface area contributed by atoms with Gasteiger partial charge in [-0.25, -0.2) is 0 Å². The van der Waals surface area contributed by atoms with Crippen molar-refractivity contribution in [1.29, 1.82) is 0 Å². The molecule has 3 aliphatic carbocycles. The van der Waals surface area contributed by atoms with E-state index < -0.39 is 0 Å². The lowest BCUT2D eigenvalue weighted by molar-refractivity contribution is 0.0445. The van der Waals surface area contributed by atoms with E-state index in [0.29, 0.717) is 48.7 Å². The highest BCUT2D eigenvalue weighted by Gasteiger charge is 2.52. The van der Waals surface area contributed by atoms with E-state index in [-0.39, 0.29) is 50.1 Å². The van der Waals surface area contributed by atoms with Crippen LogP contribution in [0.2, 0.25) is 0 Å². The van der Waals surface area contributed by atoms with Crippen LogP contribution < -0.4 is 0 Å². The number of aliphatic hydroxyl groups is 4. The monoisotopic (exact) mass is 444 g/mol. The van der Waals surface area contributed by atoms with Crippen LogP contribution in [0.4, 0.5) is 0 Å². The fourth-order valence-corrected chi connectivity index (χ4v) is 7.68. The Bertz CT molecular complexity index is 447. The lowest BCUT2D eigenvalue weighted by atomic mass is 9.73. The van der Waals surface area contributed by atoms with Crippen LogP contribution in [-0.4, -0.2) is 74.3 Å². The highest BCUT2D eigenvalue weighted by Crippen LogP contribution is 2.56. The maximum Gasteiger partial charge on any atom is 0.0496 e. The van der Waals surface area contributed by atoms with Crippen LogP contribution >= 0.6 is 0 Å². The van der Waals surface area contributed by atoms with Gasteiger partial charge in [0.2, 0.25) is 0 Å². The summed E-state index contributed by atoms with van der Waals surface area (Å²) in [6, 6.07) is 0. The van der Waals surface area contributed by atoms with Crippen molar-refractivity contribution in [3.63, 3.8) is 0 Å². The molecule has 184 valence electrons. The molecule has 0 aromatic heterocycles. The lowest BCUT2D eigenvalue weighted by Gasteiger charge is -2.33. The van der Waals surface area contributed by atoms with Gasteiger partial charge in [0, 0.05) is 53.9 Å². The zero-order valence-electron chi connectivity index (χ0n) is 20.2. The molecular formula is C25H48O6. The molecule has 31 heavy (non-hydrogen) atoms. The van der Waals surface area contributed by atoms with E-state index in [1.165, 1.54) is 0 Å². The summed E-state index contributed by atoms with van der Waals surface area (Å²) in [4.78, 5) is 0. The third-order valence-electron chi connectivity index (χ3n) is 8.76. The van der Waals surface area contributed by atoms with Crippen molar-refractivity contribution in [2.75, 3.05) is 53.9 Å². The molecule has 0 spiro atoms. The van der Waals surface area contributed by atoms with Crippen molar-refractivity contribution >= 4 is 0 Å². The molecule has 3 fully saturated rings. The lowest BCUT2D eigenvalue weighted by Crippen LogP contribution is -2.32. The molecular weight excluding hydrogens is 396 g/mol. The van der Waals surface area contributed by atoms with Crippen molar-refractivity contribution in [2.24, 2.45) is 59.2 Å². The molecule has 0 aromatic rings. The van der Waals surface area contributed by atoms with E-state index in [0.717, 1.165) is 32.1 Å². The molecule has 3 rings (SSSR count). The molecule has 0 aromatic carbocycles. The first kappa shape index (κ1) is 27.0. The van der Waals surface area contributed by atoms with Gasteiger partial charge in [0.25, 0.3) is 0 Å². The molecule has 0 aliphatic heterocycles. The molecule has 10 atom stereocenters. The van der Waals surface area contributed by atoms with Crippen molar-refractivity contribution in [3.05, 3.63) is 0 Å². The minimum atomic E-state index is 0.167. The molecule has 6 heteroatoms. The number of hydrogen-bond acceptors (Lipinski definition) is 6. The van der Waals surface area contributed by atoms with E-state index in [1.807, 2.05) is 13.8 Å². The standard InChI is InChI=1S/C23H42O6.C2H6/c1-28-12-20-16(8-24)6-18(10-26)22(20)14-3-4-15(5-14)23-19(11-27)7-17(9-25)21(23)13-29-2;1-2/h14-27H,3-13H2,1-2H3;1-2H3/t14?,15?,16?,17?,18?,19?,20?,21?,22-,23+;. The average Bonchev–Trinajstić information content (AvgIpc) is 3.50. The Balaban J connectivity index is 0.00000166. The second-order valence-corrected chi connectivity index (χ2v) is 9.97. The second-order valence-electron chi connectivity index (χ2n) is 9.97. The topological polar surface area (TPSA) is 99.4 Å². The number of aliphatic hydroxyl groups excluding tert-OH is 4. The number of methoxy groups -OCH3 is 2. The van der Waals surface area contributed by atoms with Crippen LogP contribution in [-0.2, 0) is 9.47 Å². The van der Waals surface area contributed by atoms with Crippen LogP contribution in [0.25, 0.3) is 0 Å². The summed E-state index contributed by atoms with van der Waals surface area (Å²) in [6.07, 6.45) is 5.16. The van der Waals surface area contributed by atoms with Crippen LogP contribution in [0.15, 0.2) is 0 Å². The summed E-state index contributed by atoms with van der Waals surface area (Å²) in [5.74, 6) is 3.39. The predicted octanol–water partition coefficient (Wildman–Crippen LogP) is 2.43. The number of rotatable bonds is 10. The molecule has 0 amide bonds. The van der Waals surface area contributed by atoms with Gasteiger partial charge in [-0.15, -0.1) is 0 Å². The molecule has 0 saturated heterocycles. The molecule has 3 aliphatic rings. The maximum absolute atomic E-state index is 10.0. The molecule has 0 bridgehead atoms. The summed E-state index contributed by atoms with van der Waals surface area (Å²) in [5.41, 5.74) is 0. The SMILES string of the molecule is CC.COCC1C(CO)CC(CO)[C@@H]1C1CCC([C@@H]2C(CO)CC(CO)C2COC)C1. The van der Waals surface area contributed by atoms with Crippen molar-refractivity contribution in [1.82, 2.24) is 0 Å². The Morgan fingerprint density at radius 2 is 0.935 bits per heavy atom. The van der Waals surface area contributed by atoms with Gasteiger partial charge in [0.15, 0.2) is 0 Å². The Morgan fingerprint density at radius 1 is 0.581 bits per heavy atom. The zero-order valence-corrected chi connectivity index (χ0v) is 20.2. The molecule has 8 unspecified atom stereocenters. The Kier molecular flexibility index (Phi) is 11.7. The van der Waals surface area contributed by atoms with Gasteiger partial charge in [-0.2, -0.15) is 0 Å². The summed E-state index contributed by atoms with van der Waals surface area (Å²) in [7, 11) is 3.45. The number of hydrogen-bond donors (Lipinski definition) is 4. The van der Waals surface area contributed by atoms with E-state index in [2.05, 4.69) is 0 Å². The first-order valence-corrected chi connectivity index (χ1v) is 12.5. The maximum atomic E-state index is 10.0. The van der Waals surface area contributed by atoms with E-state index >= 15 is 0 Å². The van der Waals surface area contributed by atoms with Gasteiger partial charge >= 0.3 is 0 Å². The highest BCUT2D eigenvalue weighted by molar-refractivity contribution is 5.00. The molecule has 3 saturated carbocycles. The van der Waals surface area contributed by atoms with Crippen molar-refractivity contribution < 1.29 is 29.9 Å². The van der Waals surface area contributed by atoms with Gasteiger partial charge in [-0.05, 0) is 91.3 Å². The van der Waals surface area contributed by atoms with Crippen LogP contribution in [0.5, 0.6) is 0 Å². The summed E-state index contributed by atoms with van der Waals surface area (Å²) < 4.78 is 11.0. The third kappa shape index (κ3) is 5.82. The summed E-state index contributed by atoms with van der Waals surface area (Å²) in [5, 5.41) is 39.8. The predicted molar refractivity (Wildman–Crippen MR) is 121 cm³/mol. The Labute approximate surface area is 189 Å². The largest absolute Gasteiger partial charge is 0.396 e. The van der Waals surface area contributed by atoms with Crippen LogP contribution in [0.1, 0.15) is 46.0 Å². The molecule has 0 heterocycles. The van der Waals surface area contributed by atoms with Gasteiger partial charge in [0.1, 0.15) is 0 Å². The first-order chi connectivity index (χ1) is 15.1. The number of ether oxygens (including phenoxy) is 2. The zero-order chi connectivity index (χ0) is 23.0. The molecule has 6 nitrogen and oxygen atoms in total. The normalized spacial score (nSPS) is 42.6. The van der Waals surface area contributed by atoms with Gasteiger partial charge in [-0.3, -0.25) is 0 Å². The smallest absolute Gasteiger partial charge is 0.0496 e. The Morgan fingerprint density at radius 3 is 1.23 bits per heavy atom. The fraction of sp³-hybridized carbons (Fsp3) is 1.00.